The molecule has 0 saturated heterocycles. The zero-order valence-corrected chi connectivity index (χ0v) is 14.5. The van der Waals surface area contributed by atoms with Gasteiger partial charge in [0.1, 0.15) is 6.10 Å². The number of rotatable bonds is 5. The second-order valence-corrected chi connectivity index (χ2v) is 6.48. The van der Waals surface area contributed by atoms with Crippen LogP contribution in [-0.4, -0.2) is 45.4 Å². The number of hydrogen-bond donors (Lipinski definition) is 1. The molecule has 0 spiro atoms. The van der Waals surface area contributed by atoms with E-state index in [0.717, 1.165) is 21.2 Å². The molecular formula is C13H16Br2N4O. The molecule has 0 aliphatic rings. The molecule has 0 aliphatic heterocycles. The van der Waals surface area contributed by atoms with E-state index in [0.29, 0.717) is 12.2 Å². The highest BCUT2D eigenvalue weighted by atomic mass is 79.9. The van der Waals surface area contributed by atoms with Gasteiger partial charge in [-0.3, -0.25) is 9.67 Å². The third-order valence-corrected chi connectivity index (χ3v) is 3.96. The Bertz CT molecular complexity index is 568. The molecule has 0 radical (unpaired) electrons. The monoisotopic (exact) mass is 402 g/mol. The van der Waals surface area contributed by atoms with E-state index in [2.05, 4.69) is 46.8 Å². The molecule has 0 saturated carbocycles. The van der Waals surface area contributed by atoms with Gasteiger partial charge in [0.2, 0.25) is 0 Å². The first-order valence-electron chi connectivity index (χ1n) is 6.14. The van der Waals surface area contributed by atoms with E-state index in [1.807, 2.05) is 20.2 Å². The van der Waals surface area contributed by atoms with E-state index in [1.54, 1.807) is 23.1 Å². The van der Waals surface area contributed by atoms with E-state index in [-0.39, 0.29) is 0 Å². The summed E-state index contributed by atoms with van der Waals surface area (Å²) in [6.07, 6.45) is 2.57. The smallest absolute Gasteiger partial charge is 0.139 e. The Hall–Kier alpha value is -0.760. The van der Waals surface area contributed by atoms with Crippen molar-refractivity contribution in [2.45, 2.75) is 12.6 Å². The molecule has 2 aromatic heterocycles. The van der Waals surface area contributed by atoms with E-state index < -0.39 is 6.10 Å². The Labute approximate surface area is 134 Å². The van der Waals surface area contributed by atoms with Crippen molar-refractivity contribution in [3.8, 4) is 0 Å². The van der Waals surface area contributed by atoms with Gasteiger partial charge in [0.15, 0.2) is 0 Å². The van der Waals surface area contributed by atoms with Crippen LogP contribution in [0.4, 0.5) is 0 Å². The first kappa shape index (κ1) is 15.6. The molecule has 0 aliphatic carbocycles. The van der Waals surface area contributed by atoms with E-state index >= 15 is 0 Å². The zero-order chi connectivity index (χ0) is 14.7. The highest BCUT2D eigenvalue weighted by Crippen LogP contribution is 2.27. The minimum atomic E-state index is -0.804. The highest BCUT2D eigenvalue weighted by molar-refractivity contribution is 9.10. The molecular weight excluding hydrogens is 388 g/mol. The summed E-state index contributed by atoms with van der Waals surface area (Å²) in [6.45, 7) is 1.56. The first-order valence-corrected chi connectivity index (χ1v) is 7.73. The van der Waals surface area contributed by atoms with Crippen molar-refractivity contribution in [1.82, 2.24) is 19.7 Å². The number of halogens is 2. The Morgan fingerprint density at radius 1 is 1.30 bits per heavy atom. The van der Waals surface area contributed by atoms with Gasteiger partial charge in [0.05, 0.1) is 28.6 Å². The minimum absolute atomic E-state index is 0.598. The van der Waals surface area contributed by atoms with Crippen LogP contribution in [0, 0.1) is 0 Å². The van der Waals surface area contributed by atoms with Crippen LogP contribution < -0.4 is 0 Å². The molecule has 0 fully saturated rings. The third-order valence-electron chi connectivity index (χ3n) is 2.88. The largest absolute Gasteiger partial charge is 0.380 e. The Balaban J connectivity index is 2.26. The number of hydrogen-bond acceptors (Lipinski definition) is 4. The molecule has 5 nitrogen and oxygen atoms in total. The number of pyridine rings is 1. The van der Waals surface area contributed by atoms with Gasteiger partial charge >= 0.3 is 0 Å². The summed E-state index contributed by atoms with van der Waals surface area (Å²) < 4.78 is 3.47. The van der Waals surface area contributed by atoms with Crippen LogP contribution in [0.2, 0.25) is 0 Å². The van der Waals surface area contributed by atoms with E-state index in [1.165, 1.54) is 0 Å². The fourth-order valence-corrected chi connectivity index (χ4v) is 2.55. The minimum Gasteiger partial charge on any atom is -0.380 e. The molecule has 2 heterocycles. The molecule has 2 aromatic rings. The van der Waals surface area contributed by atoms with Crippen molar-refractivity contribution in [1.29, 1.82) is 0 Å². The lowest BCUT2D eigenvalue weighted by Gasteiger charge is -2.16. The Morgan fingerprint density at radius 2 is 2.05 bits per heavy atom. The predicted octanol–water partition coefficient (Wildman–Crippen LogP) is 2.45. The van der Waals surface area contributed by atoms with Crippen LogP contribution in [-0.2, 0) is 6.54 Å². The molecule has 1 N–H and O–H groups in total. The van der Waals surface area contributed by atoms with Gasteiger partial charge in [-0.2, -0.15) is 5.10 Å². The van der Waals surface area contributed by atoms with Crippen molar-refractivity contribution in [2.24, 2.45) is 0 Å². The Kier molecular flexibility index (Phi) is 5.31. The van der Waals surface area contributed by atoms with Crippen LogP contribution in [0.25, 0.3) is 0 Å². The highest BCUT2D eigenvalue weighted by Gasteiger charge is 2.20. The number of aromatic nitrogens is 3. The average Bonchev–Trinajstić information content (AvgIpc) is 2.77. The van der Waals surface area contributed by atoms with Crippen LogP contribution in [0.5, 0.6) is 0 Å². The molecule has 2 rings (SSSR count). The van der Waals surface area contributed by atoms with Gasteiger partial charge in [0.25, 0.3) is 0 Å². The molecule has 20 heavy (non-hydrogen) atoms. The van der Waals surface area contributed by atoms with E-state index in [9.17, 15) is 5.11 Å². The maximum absolute atomic E-state index is 10.5. The summed E-state index contributed by atoms with van der Waals surface area (Å²) in [4.78, 5) is 6.32. The standard InChI is InChI=1S/C13H16Br2N4O/c1-18(2)5-6-19-12(10(15)8-17-19)13(20)11-4-3-9(14)7-16-11/h3-4,7-8,13,20H,5-6H2,1-2H3. The number of aliphatic hydroxyl groups is 1. The fourth-order valence-electron chi connectivity index (χ4n) is 1.81. The SMILES string of the molecule is CN(C)CCn1ncc(Br)c1C(O)c1ccc(Br)cn1. The first-order chi connectivity index (χ1) is 9.49. The topological polar surface area (TPSA) is 54.2 Å². The predicted molar refractivity (Wildman–Crippen MR) is 84.5 cm³/mol. The van der Waals surface area contributed by atoms with Gasteiger partial charge in [-0.15, -0.1) is 0 Å². The molecule has 7 heteroatoms. The summed E-state index contributed by atoms with van der Waals surface area (Å²) in [5, 5.41) is 14.8. The second-order valence-electron chi connectivity index (χ2n) is 4.71. The molecule has 1 atom stereocenters. The lowest BCUT2D eigenvalue weighted by atomic mass is 10.1. The van der Waals surface area contributed by atoms with Gasteiger partial charge in [-0.1, -0.05) is 0 Å². The van der Waals surface area contributed by atoms with Crippen molar-refractivity contribution in [3.63, 3.8) is 0 Å². The molecule has 108 valence electrons. The summed E-state index contributed by atoms with van der Waals surface area (Å²) in [5.41, 5.74) is 1.32. The normalized spacial score (nSPS) is 12.9. The quantitative estimate of drug-likeness (QED) is 0.832. The van der Waals surface area contributed by atoms with Gasteiger partial charge < -0.3 is 10.0 Å². The van der Waals surface area contributed by atoms with Crippen LogP contribution in [0.15, 0.2) is 33.5 Å². The maximum atomic E-state index is 10.5. The van der Waals surface area contributed by atoms with E-state index in [4.69, 9.17) is 0 Å². The molecule has 0 bridgehead atoms. The van der Waals surface area contributed by atoms with Crippen molar-refractivity contribution in [3.05, 3.63) is 44.9 Å². The number of nitrogens with zero attached hydrogens (tertiary/aromatic N) is 4. The van der Waals surface area contributed by atoms with Crippen LogP contribution >= 0.6 is 31.9 Å². The fraction of sp³-hybridized carbons (Fsp3) is 0.385. The number of likely N-dealkylation sites (N-methyl/N-ethyl adjacent to an activating group) is 1. The lowest BCUT2D eigenvalue weighted by molar-refractivity contribution is 0.200. The molecule has 1 unspecified atom stereocenters. The number of aliphatic hydroxyl groups excluding tert-OH is 1. The van der Waals surface area contributed by atoms with Crippen LogP contribution in [0.1, 0.15) is 17.5 Å². The van der Waals surface area contributed by atoms with Crippen molar-refractivity contribution >= 4 is 31.9 Å². The Morgan fingerprint density at radius 3 is 2.65 bits per heavy atom. The summed E-state index contributed by atoms with van der Waals surface area (Å²) >= 11 is 6.78. The molecule has 0 amide bonds. The van der Waals surface area contributed by atoms with Gasteiger partial charge in [0, 0.05) is 17.2 Å². The molecule has 0 aromatic carbocycles. The zero-order valence-electron chi connectivity index (χ0n) is 11.3. The summed E-state index contributed by atoms with van der Waals surface area (Å²) in [5.74, 6) is 0. The maximum Gasteiger partial charge on any atom is 0.139 e. The average molecular weight is 404 g/mol. The lowest BCUT2D eigenvalue weighted by Crippen LogP contribution is -2.21. The third kappa shape index (κ3) is 3.66. The summed E-state index contributed by atoms with van der Waals surface area (Å²) in [6, 6.07) is 3.66. The second kappa shape index (κ2) is 6.80. The van der Waals surface area contributed by atoms with Crippen molar-refractivity contribution in [2.75, 3.05) is 20.6 Å². The van der Waals surface area contributed by atoms with Crippen molar-refractivity contribution < 1.29 is 5.11 Å². The summed E-state index contributed by atoms with van der Waals surface area (Å²) in [7, 11) is 4.01. The van der Waals surface area contributed by atoms with Gasteiger partial charge in [-0.25, -0.2) is 0 Å². The van der Waals surface area contributed by atoms with Gasteiger partial charge in [-0.05, 0) is 58.1 Å². The van der Waals surface area contributed by atoms with Crippen LogP contribution in [0.3, 0.4) is 0 Å².